The molecular weight excluding hydrogens is 232 g/mol. The Kier molecular flexibility index (Phi) is 1.71. The standard InChI is InChI=1S/C8H5BrN4/c9-5-1-4(3-10)7-6(2-5)12-8(11)13-7/h1-2H,(H3,11,12,13). The van der Waals surface area contributed by atoms with Crippen molar-refractivity contribution in [2.75, 3.05) is 5.73 Å². The van der Waals surface area contributed by atoms with Gasteiger partial charge >= 0.3 is 0 Å². The first-order valence-electron chi connectivity index (χ1n) is 3.55. The first-order valence-corrected chi connectivity index (χ1v) is 4.35. The molecule has 4 nitrogen and oxygen atoms in total. The first kappa shape index (κ1) is 8.08. The van der Waals surface area contributed by atoms with Crippen molar-refractivity contribution >= 4 is 32.9 Å². The van der Waals surface area contributed by atoms with Gasteiger partial charge in [0.2, 0.25) is 0 Å². The smallest absolute Gasteiger partial charge is 0.198 e. The second-order valence-corrected chi connectivity index (χ2v) is 3.50. The molecule has 1 heterocycles. The predicted octanol–water partition coefficient (Wildman–Crippen LogP) is 1.78. The van der Waals surface area contributed by atoms with Gasteiger partial charge in [-0.15, -0.1) is 0 Å². The van der Waals surface area contributed by atoms with Crippen molar-refractivity contribution in [2.24, 2.45) is 0 Å². The number of nitrogens with two attached hydrogens (primary N) is 1. The van der Waals surface area contributed by atoms with Gasteiger partial charge in [-0.2, -0.15) is 5.26 Å². The molecule has 0 bridgehead atoms. The van der Waals surface area contributed by atoms with Crippen molar-refractivity contribution in [3.05, 3.63) is 22.2 Å². The van der Waals surface area contributed by atoms with Gasteiger partial charge in [0.05, 0.1) is 11.1 Å². The van der Waals surface area contributed by atoms with E-state index in [1.54, 1.807) is 6.07 Å². The largest absolute Gasteiger partial charge is 0.369 e. The zero-order valence-corrected chi connectivity index (χ0v) is 8.09. The predicted molar refractivity (Wildman–Crippen MR) is 52.9 cm³/mol. The van der Waals surface area contributed by atoms with E-state index in [1.807, 2.05) is 6.07 Å². The van der Waals surface area contributed by atoms with E-state index in [-0.39, 0.29) is 0 Å². The number of hydrogen-bond donors (Lipinski definition) is 2. The lowest BCUT2D eigenvalue weighted by atomic mass is 10.2. The number of nitrogen functional groups attached to an aromatic ring is 1. The maximum absolute atomic E-state index is 8.80. The summed E-state index contributed by atoms with van der Waals surface area (Å²) in [5.41, 5.74) is 7.37. The van der Waals surface area contributed by atoms with Gasteiger partial charge in [-0.3, -0.25) is 0 Å². The van der Waals surface area contributed by atoms with Gasteiger partial charge < -0.3 is 10.7 Å². The van der Waals surface area contributed by atoms with Crippen LogP contribution >= 0.6 is 15.9 Å². The topological polar surface area (TPSA) is 78.5 Å². The number of fused-ring (bicyclic) bond motifs is 1. The Morgan fingerprint density at radius 2 is 2.31 bits per heavy atom. The van der Waals surface area contributed by atoms with Crippen molar-refractivity contribution < 1.29 is 0 Å². The number of nitrogens with one attached hydrogen (secondary N) is 1. The number of halogens is 1. The summed E-state index contributed by atoms with van der Waals surface area (Å²) in [5, 5.41) is 8.80. The van der Waals surface area contributed by atoms with Gasteiger partial charge in [0.25, 0.3) is 0 Å². The van der Waals surface area contributed by atoms with E-state index in [4.69, 9.17) is 11.0 Å². The highest BCUT2D eigenvalue weighted by Crippen LogP contribution is 2.22. The quantitative estimate of drug-likeness (QED) is 0.732. The minimum absolute atomic E-state index is 0.324. The molecule has 1 aromatic heterocycles. The van der Waals surface area contributed by atoms with Crippen molar-refractivity contribution in [1.29, 1.82) is 5.26 Å². The van der Waals surface area contributed by atoms with E-state index >= 15 is 0 Å². The normalized spacial score (nSPS) is 10.2. The lowest BCUT2D eigenvalue weighted by molar-refractivity contribution is 1.35. The number of imidazole rings is 1. The van der Waals surface area contributed by atoms with Crippen molar-refractivity contribution in [1.82, 2.24) is 9.97 Å². The van der Waals surface area contributed by atoms with Crippen LogP contribution in [0.2, 0.25) is 0 Å². The molecule has 0 aliphatic carbocycles. The van der Waals surface area contributed by atoms with Crippen LogP contribution in [0.3, 0.4) is 0 Å². The number of aromatic amines is 1. The monoisotopic (exact) mass is 236 g/mol. The molecular formula is C8H5BrN4. The number of H-pyrrole nitrogens is 1. The van der Waals surface area contributed by atoms with Gasteiger partial charge in [0.1, 0.15) is 11.6 Å². The average molecular weight is 237 g/mol. The Labute approximate surface area is 82.5 Å². The molecule has 13 heavy (non-hydrogen) atoms. The minimum atomic E-state index is 0.324. The minimum Gasteiger partial charge on any atom is -0.369 e. The van der Waals surface area contributed by atoms with Crippen LogP contribution in [-0.4, -0.2) is 9.97 Å². The number of nitriles is 1. The zero-order valence-electron chi connectivity index (χ0n) is 6.50. The van der Waals surface area contributed by atoms with Crippen LogP contribution in [0.4, 0.5) is 5.95 Å². The molecule has 0 amide bonds. The van der Waals surface area contributed by atoms with E-state index in [0.29, 0.717) is 17.0 Å². The van der Waals surface area contributed by atoms with Crippen LogP contribution in [0.25, 0.3) is 11.0 Å². The van der Waals surface area contributed by atoms with Crippen molar-refractivity contribution in [2.45, 2.75) is 0 Å². The van der Waals surface area contributed by atoms with Gasteiger partial charge in [0, 0.05) is 4.47 Å². The van der Waals surface area contributed by atoms with Gasteiger partial charge in [-0.25, -0.2) is 4.98 Å². The van der Waals surface area contributed by atoms with Crippen LogP contribution in [-0.2, 0) is 0 Å². The molecule has 3 N–H and O–H groups in total. The number of rotatable bonds is 0. The average Bonchev–Trinajstić information content (AvgIpc) is 2.43. The highest BCUT2D eigenvalue weighted by atomic mass is 79.9. The Morgan fingerprint density at radius 1 is 1.54 bits per heavy atom. The summed E-state index contributed by atoms with van der Waals surface area (Å²) in [5.74, 6) is 0.324. The highest BCUT2D eigenvalue weighted by Gasteiger charge is 2.06. The summed E-state index contributed by atoms with van der Waals surface area (Å²) in [7, 11) is 0. The molecule has 0 spiro atoms. The number of hydrogen-bond acceptors (Lipinski definition) is 3. The summed E-state index contributed by atoms with van der Waals surface area (Å²) in [4.78, 5) is 6.86. The summed E-state index contributed by atoms with van der Waals surface area (Å²) in [6, 6.07) is 5.60. The molecule has 2 rings (SSSR count). The van der Waals surface area contributed by atoms with E-state index in [9.17, 15) is 0 Å². The second-order valence-electron chi connectivity index (χ2n) is 2.58. The SMILES string of the molecule is N#Cc1cc(Br)cc2[nH]c(N)nc12. The molecule has 0 saturated heterocycles. The summed E-state index contributed by atoms with van der Waals surface area (Å²) in [6.45, 7) is 0. The fourth-order valence-corrected chi connectivity index (χ4v) is 1.64. The Bertz CT molecular complexity index is 509. The van der Waals surface area contributed by atoms with Gasteiger partial charge in [-0.1, -0.05) is 15.9 Å². The number of nitrogens with zero attached hydrogens (tertiary/aromatic N) is 2. The molecule has 64 valence electrons. The summed E-state index contributed by atoms with van der Waals surface area (Å²) >= 11 is 3.29. The third-order valence-electron chi connectivity index (χ3n) is 1.69. The van der Waals surface area contributed by atoms with Crippen molar-refractivity contribution in [3.8, 4) is 6.07 Å². The maximum Gasteiger partial charge on any atom is 0.198 e. The van der Waals surface area contributed by atoms with Crippen molar-refractivity contribution in [3.63, 3.8) is 0 Å². The third-order valence-corrected chi connectivity index (χ3v) is 2.15. The first-order chi connectivity index (χ1) is 6.20. The van der Waals surface area contributed by atoms with E-state index < -0.39 is 0 Å². The molecule has 0 atom stereocenters. The Morgan fingerprint density at radius 3 is 3.00 bits per heavy atom. The number of benzene rings is 1. The molecule has 0 aliphatic rings. The fourth-order valence-electron chi connectivity index (χ4n) is 1.19. The summed E-state index contributed by atoms with van der Waals surface area (Å²) < 4.78 is 0.834. The van der Waals surface area contributed by atoms with Crippen LogP contribution in [0.15, 0.2) is 16.6 Å². The molecule has 0 fully saturated rings. The molecule has 0 radical (unpaired) electrons. The summed E-state index contributed by atoms with van der Waals surface area (Å²) in [6.07, 6.45) is 0. The Balaban J connectivity index is 2.90. The molecule has 1 aromatic carbocycles. The molecule has 5 heteroatoms. The Hall–Kier alpha value is -1.54. The van der Waals surface area contributed by atoms with Crippen LogP contribution in [0.1, 0.15) is 5.56 Å². The van der Waals surface area contributed by atoms with E-state index in [1.165, 1.54) is 0 Å². The fraction of sp³-hybridized carbons (Fsp3) is 0. The van der Waals surface area contributed by atoms with Gasteiger partial charge in [0.15, 0.2) is 5.95 Å². The molecule has 2 aromatic rings. The zero-order chi connectivity index (χ0) is 9.42. The van der Waals surface area contributed by atoms with Gasteiger partial charge in [-0.05, 0) is 12.1 Å². The van der Waals surface area contributed by atoms with Crippen LogP contribution < -0.4 is 5.73 Å². The maximum atomic E-state index is 8.80. The van der Waals surface area contributed by atoms with Crippen LogP contribution in [0, 0.1) is 11.3 Å². The van der Waals surface area contributed by atoms with E-state index in [2.05, 4.69) is 32.0 Å². The number of anilines is 1. The number of aromatic nitrogens is 2. The second kappa shape index (κ2) is 2.75. The highest BCUT2D eigenvalue weighted by molar-refractivity contribution is 9.10. The molecule has 0 aliphatic heterocycles. The molecule has 0 unspecified atom stereocenters. The third kappa shape index (κ3) is 1.25. The van der Waals surface area contributed by atoms with Crippen LogP contribution in [0.5, 0.6) is 0 Å². The van der Waals surface area contributed by atoms with E-state index in [0.717, 1.165) is 9.99 Å². The lowest BCUT2D eigenvalue weighted by Gasteiger charge is -1.92. The lowest BCUT2D eigenvalue weighted by Crippen LogP contribution is -1.84. The molecule has 0 saturated carbocycles.